The summed E-state index contributed by atoms with van der Waals surface area (Å²) in [6, 6.07) is 12.1. The topological polar surface area (TPSA) is 113 Å². The first-order chi connectivity index (χ1) is 13.3. The van der Waals surface area contributed by atoms with Gasteiger partial charge in [-0.1, -0.05) is 29.8 Å². The monoisotopic (exact) mass is 380 g/mol. The summed E-state index contributed by atoms with van der Waals surface area (Å²) in [5, 5.41) is 10.8. The molecule has 0 saturated carbocycles. The molecular formula is C20H16N2O6. The van der Waals surface area contributed by atoms with Gasteiger partial charge in [0.2, 0.25) is 0 Å². The van der Waals surface area contributed by atoms with Crippen molar-refractivity contribution in [2.45, 2.75) is 6.92 Å². The molecular weight excluding hydrogens is 364 g/mol. The first kappa shape index (κ1) is 18.8. The van der Waals surface area contributed by atoms with E-state index in [4.69, 9.17) is 9.84 Å². The van der Waals surface area contributed by atoms with Crippen LogP contribution in [-0.2, 0) is 14.4 Å². The molecule has 0 unspecified atom stereocenters. The third-order valence-corrected chi connectivity index (χ3v) is 3.95. The average Bonchev–Trinajstić information content (AvgIpc) is 2.66. The Labute approximate surface area is 160 Å². The number of imide groups is 2. The number of barbiturate groups is 1. The summed E-state index contributed by atoms with van der Waals surface area (Å²) in [6.45, 7) is 1.40. The second-order valence-electron chi connectivity index (χ2n) is 6.04. The number of carboxylic acid groups (broad SMARTS) is 1. The SMILES string of the molecule is Cc1ccc(N2C(=O)NC(=O)/C(=C/c3ccc(OCC(=O)O)cc3)C2=O)cc1. The summed E-state index contributed by atoms with van der Waals surface area (Å²) >= 11 is 0. The van der Waals surface area contributed by atoms with Crippen LogP contribution in [0.1, 0.15) is 11.1 Å². The maximum atomic E-state index is 12.8. The molecule has 1 saturated heterocycles. The molecule has 0 bridgehead atoms. The zero-order chi connectivity index (χ0) is 20.3. The van der Waals surface area contributed by atoms with Crippen molar-refractivity contribution in [3.8, 4) is 5.75 Å². The van der Waals surface area contributed by atoms with Crippen LogP contribution in [0.2, 0.25) is 0 Å². The van der Waals surface area contributed by atoms with Crippen molar-refractivity contribution < 1.29 is 29.0 Å². The number of rotatable bonds is 5. The number of ether oxygens (including phenoxy) is 1. The lowest BCUT2D eigenvalue weighted by Crippen LogP contribution is -2.54. The van der Waals surface area contributed by atoms with E-state index in [1.807, 2.05) is 6.92 Å². The lowest BCUT2D eigenvalue weighted by atomic mass is 10.1. The molecule has 28 heavy (non-hydrogen) atoms. The standard InChI is InChI=1S/C20H16N2O6/c1-12-2-6-14(7-3-12)22-19(26)16(18(25)21-20(22)27)10-13-4-8-15(9-5-13)28-11-17(23)24/h2-10H,11H2,1H3,(H,23,24)(H,21,25,27)/b16-10-. The number of anilines is 1. The smallest absolute Gasteiger partial charge is 0.341 e. The van der Waals surface area contributed by atoms with Gasteiger partial charge in [0, 0.05) is 0 Å². The average molecular weight is 380 g/mol. The van der Waals surface area contributed by atoms with E-state index in [1.165, 1.54) is 18.2 Å². The number of amides is 4. The molecule has 8 heteroatoms. The molecule has 2 aromatic rings. The highest BCUT2D eigenvalue weighted by atomic mass is 16.5. The molecule has 0 spiro atoms. The zero-order valence-electron chi connectivity index (χ0n) is 14.8. The van der Waals surface area contributed by atoms with Gasteiger partial charge in [-0.3, -0.25) is 14.9 Å². The number of hydrogen-bond acceptors (Lipinski definition) is 5. The summed E-state index contributed by atoms with van der Waals surface area (Å²) < 4.78 is 5.03. The van der Waals surface area contributed by atoms with Crippen molar-refractivity contribution >= 4 is 35.6 Å². The summed E-state index contributed by atoms with van der Waals surface area (Å²) in [7, 11) is 0. The fourth-order valence-electron chi connectivity index (χ4n) is 2.56. The molecule has 2 N–H and O–H groups in total. The Kier molecular flexibility index (Phi) is 5.21. The summed E-state index contributed by atoms with van der Waals surface area (Å²) in [6.07, 6.45) is 1.35. The van der Waals surface area contributed by atoms with Crippen LogP contribution in [0.4, 0.5) is 10.5 Å². The van der Waals surface area contributed by atoms with Gasteiger partial charge in [0.05, 0.1) is 5.69 Å². The van der Waals surface area contributed by atoms with E-state index >= 15 is 0 Å². The van der Waals surface area contributed by atoms with Gasteiger partial charge in [0.15, 0.2) is 6.61 Å². The van der Waals surface area contributed by atoms with Gasteiger partial charge in [-0.05, 0) is 42.8 Å². The van der Waals surface area contributed by atoms with Gasteiger partial charge in [0.1, 0.15) is 11.3 Å². The minimum atomic E-state index is -1.10. The molecule has 0 aromatic heterocycles. The molecule has 8 nitrogen and oxygen atoms in total. The van der Waals surface area contributed by atoms with E-state index in [9.17, 15) is 19.2 Å². The fraction of sp³-hybridized carbons (Fsp3) is 0.100. The van der Waals surface area contributed by atoms with E-state index in [-0.39, 0.29) is 5.57 Å². The van der Waals surface area contributed by atoms with Crippen LogP contribution < -0.4 is 15.0 Å². The van der Waals surface area contributed by atoms with Crippen LogP contribution in [0.3, 0.4) is 0 Å². The quantitative estimate of drug-likeness (QED) is 0.607. The second-order valence-corrected chi connectivity index (χ2v) is 6.04. The predicted octanol–water partition coefficient (Wildman–Crippen LogP) is 2.12. The van der Waals surface area contributed by atoms with Crippen LogP contribution in [0, 0.1) is 6.92 Å². The van der Waals surface area contributed by atoms with Crippen LogP contribution >= 0.6 is 0 Å². The molecule has 4 amide bonds. The van der Waals surface area contributed by atoms with Crippen molar-refractivity contribution in [3.63, 3.8) is 0 Å². The number of nitrogens with one attached hydrogen (secondary N) is 1. The number of hydrogen-bond donors (Lipinski definition) is 2. The highest BCUT2D eigenvalue weighted by Crippen LogP contribution is 2.23. The van der Waals surface area contributed by atoms with Crippen molar-refractivity contribution in [2.24, 2.45) is 0 Å². The molecule has 3 rings (SSSR count). The third-order valence-electron chi connectivity index (χ3n) is 3.95. The third kappa shape index (κ3) is 4.07. The molecule has 0 aliphatic carbocycles. The summed E-state index contributed by atoms with van der Waals surface area (Å²) in [5.74, 6) is -2.29. The number of aryl methyl sites for hydroxylation is 1. The van der Waals surface area contributed by atoms with Gasteiger partial charge in [0.25, 0.3) is 11.8 Å². The number of carbonyl (C=O) groups is 4. The number of urea groups is 1. The van der Waals surface area contributed by atoms with Crippen molar-refractivity contribution in [1.29, 1.82) is 0 Å². The van der Waals surface area contributed by atoms with Crippen LogP contribution in [0.25, 0.3) is 6.08 Å². The normalized spacial score (nSPS) is 15.5. The molecule has 142 valence electrons. The maximum absolute atomic E-state index is 12.8. The first-order valence-electron chi connectivity index (χ1n) is 8.28. The minimum absolute atomic E-state index is 0.195. The van der Waals surface area contributed by atoms with E-state index < -0.39 is 30.4 Å². The van der Waals surface area contributed by atoms with E-state index in [2.05, 4.69) is 5.32 Å². The van der Waals surface area contributed by atoms with Crippen molar-refractivity contribution in [2.75, 3.05) is 11.5 Å². The predicted molar refractivity (Wildman–Crippen MR) is 99.8 cm³/mol. The first-order valence-corrected chi connectivity index (χ1v) is 8.28. The van der Waals surface area contributed by atoms with Gasteiger partial charge in [-0.25, -0.2) is 14.5 Å². The van der Waals surface area contributed by atoms with Crippen LogP contribution in [-0.4, -0.2) is 35.5 Å². The van der Waals surface area contributed by atoms with Gasteiger partial charge in [-0.2, -0.15) is 0 Å². The minimum Gasteiger partial charge on any atom is -0.482 e. The van der Waals surface area contributed by atoms with Crippen LogP contribution in [0.15, 0.2) is 54.1 Å². The van der Waals surface area contributed by atoms with Crippen molar-refractivity contribution in [1.82, 2.24) is 5.32 Å². The molecule has 1 fully saturated rings. The van der Waals surface area contributed by atoms with E-state index in [1.54, 1.807) is 36.4 Å². The Bertz CT molecular complexity index is 977. The number of carboxylic acids is 1. The van der Waals surface area contributed by atoms with Gasteiger partial charge in [-0.15, -0.1) is 0 Å². The second kappa shape index (κ2) is 7.75. The lowest BCUT2D eigenvalue weighted by Gasteiger charge is -2.26. The van der Waals surface area contributed by atoms with Crippen molar-refractivity contribution in [3.05, 3.63) is 65.2 Å². The van der Waals surface area contributed by atoms with Crippen LogP contribution in [0.5, 0.6) is 5.75 Å². The van der Waals surface area contributed by atoms with Gasteiger partial charge >= 0.3 is 12.0 Å². The molecule has 0 radical (unpaired) electrons. The van der Waals surface area contributed by atoms with E-state index in [0.717, 1.165) is 10.5 Å². The van der Waals surface area contributed by atoms with E-state index in [0.29, 0.717) is 17.0 Å². The number of carbonyl (C=O) groups excluding carboxylic acids is 3. The highest BCUT2D eigenvalue weighted by Gasteiger charge is 2.36. The lowest BCUT2D eigenvalue weighted by molar-refractivity contribution is -0.139. The Hall–Kier alpha value is -3.94. The number of aliphatic carboxylic acids is 1. The Morgan fingerprint density at radius 2 is 1.71 bits per heavy atom. The number of nitrogens with zero attached hydrogens (tertiary/aromatic N) is 1. The highest BCUT2D eigenvalue weighted by molar-refractivity contribution is 6.39. The largest absolute Gasteiger partial charge is 0.482 e. The number of benzene rings is 2. The molecule has 1 aliphatic rings. The Morgan fingerprint density at radius 3 is 2.32 bits per heavy atom. The maximum Gasteiger partial charge on any atom is 0.341 e. The molecule has 1 aliphatic heterocycles. The fourth-order valence-corrected chi connectivity index (χ4v) is 2.56. The Balaban J connectivity index is 1.86. The Morgan fingerprint density at radius 1 is 1.07 bits per heavy atom. The molecule has 1 heterocycles. The zero-order valence-corrected chi connectivity index (χ0v) is 14.8. The molecule has 0 atom stereocenters. The molecule has 2 aromatic carbocycles. The summed E-state index contributed by atoms with van der Waals surface area (Å²) in [5.41, 5.74) is 1.63. The van der Waals surface area contributed by atoms with Gasteiger partial charge < -0.3 is 9.84 Å². The summed E-state index contributed by atoms with van der Waals surface area (Å²) in [4.78, 5) is 48.5.